The number of carbonyl (C=O) groups is 1. The molecule has 20 heavy (non-hydrogen) atoms. The van der Waals surface area contributed by atoms with Crippen molar-refractivity contribution in [1.29, 1.82) is 5.26 Å². The number of aryl methyl sites for hydroxylation is 1. The summed E-state index contributed by atoms with van der Waals surface area (Å²) < 4.78 is 0. The van der Waals surface area contributed by atoms with E-state index in [2.05, 4.69) is 11.1 Å². The maximum atomic E-state index is 12.0. The van der Waals surface area contributed by atoms with Crippen molar-refractivity contribution in [2.45, 2.75) is 11.9 Å². The molecule has 1 N–H and O–H groups in total. The number of carbonyl (C=O) groups excluding carboxylic acids is 1. The zero-order valence-corrected chi connectivity index (χ0v) is 11.7. The van der Waals surface area contributed by atoms with E-state index in [0.29, 0.717) is 21.7 Å². The van der Waals surface area contributed by atoms with Crippen LogP contribution in [0.5, 0.6) is 0 Å². The van der Waals surface area contributed by atoms with Crippen LogP contribution in [0.3, 0.4) is 0 Å². The summed E-state index contributed by atoms with van der Waals surface area (Å²) in [6.07, 6.45) is 0. The van der Waals surface area contributed by atoms with Gasteiger partial charge >= 0.3 is 0 Å². The number of pyridine rings is 1. The van der Waals surface area contributed by atoms with Crippen LogP contribution in [0.15, 0.2) is 46.2 Å². The van der Waals surface area contributed by atoms with Gasteiger partial charge in [-0.05, 0) is 12.5 Å². The lowest BCUT2D eigenvalue weighted by Crippen LogP contribution is -2.10. The van der Waals surface area contributed by atoms with E-state index < -0.39 is 0 Å². The van der Waals surface area contributed by atoms with Gasteiger partial charge in [0, 0.05) is 11.6 Å². The number of nitriles is 1. The summed E-state index contributed by atoms with van der Waals surface area (Å²) >= 11 is 1.18. The van der Waals surface area contributed by atoms with Gasteiger partial charge in [-0.3, -0.25) is 9.59 Å². The van der Waals surface area contributed by atoms with Crippen molar-refractivity contribution in [3.8, 4) is 6.07 Å². The largest absolute Gasteiger partial charge is 0.316 e. The second-order valence-corrected chi connectivity index (χ2v) is 5.20. The molecule has 2 rings (SSSR count). The highest BCUT2D eigenvalue weighted by molar-refractivity contribution is 8.00. The van der Waals surface area contributed by atoms with Gasteiger partial charge in [-0.15, -0.1) is 0 Å². The van der Waals surface area contributed by atoms with Crippen molar-refractivity contribution < 1.29 is 4.79 Å². The number of ketones is 1. The molecule has 0 bridgehead atoms. The summed E-state index contributed by atoms with van der Waals surface area (Å²) in [5.74, 6) is 0.139. The first-order valence-electron chi connectivity index (χ1n) is 5.97. The van der Waals surface area contributed by atoms with E-state index in [1.807, 2.05) is 6.07 Å². The van der Waals surface area contributed by atoms with Crippen LogP contribution in [0.25, 0.3) is 0 Å². The predicted molar refractivity (Wildman–Crippen MR) is 78.0 cm³/mol. The number of benzene rings is 1. The quantitative estimate of drug-likeness (QED) is 0.691. The molecular weight excluding hydrogens is 272 g/mol. The van der Waals surface area contributed by atoms with Gasteiger partial charge in [-0.2, -0.15) is 5.26 Å². The van der Waals surface area contributed by atoms with E-state index in [9.17, 15) is 9.59 Å². The highest BCUT2D eigenvalue weighted by Crippen LogP contribution is 2.21. The molecule has 0 unspecified atom stereocenters. The number of rotatable bonds is 4. The summed E-state index contributed by atoms with van der Waals surface area (Å²) in [5.41, 5.74) is 1.38. The molecule has 0 fully saturated rings. The standard InChI is InChI=1S/C15H12N2O2S/c1-10-7-14(19)17-15(12(10)8-16)20-9-13(18)11-5-3-2-4-6-11/h2-7H,9H2,1H3,(H,17,19). The molecule has 0 radical (unpaired) electrons. The van der Waals surface area contributed by atoms with Gasteiger partial charge < -0.3 is 4.98 Å². The minimum atomic E-state index is -0.267. The van der Waals surface area contributed by atoms with E-state index in [-0.39, 0.29) is 17.1 Å². The minimum absolute atomic E-state index is 0.0400. The van der Waals surface area contributed by atoms with Crippen molar-refractivity contribution in [1.82, 2.24) is 4.98 Å². The van der Waals surface area contributed by atoms with Crippen molar-refractivity contribution in [2.75, 3.05) is 5.75 Å². The summed E-state index contributed by atoms with van der Waals surface area (Å²) in [7, 11) is 0. The lowest BCUT2D eigenvalue weighted by molar-refractivity contribution is 0.102. The third kappa shape index (κ3) is 3.16. The molecule has 0 aliphatic carbocycles. The number of thioether (sulfide) groups is 1. The van der Waals surface area contributed by atoms with E-state index >= 15 is 0 Å². The fourth-order valence-corrected chi connectivity index (χ4v) is 2.72. The van der Waals surface area contributed by atoms with Gasteiger partial charge in [0.05, 0.1) is 16.3 Å². The smallest absolute Gasteiger partial charge is 0.249 e. The van der Waals surface area contributed by atoms with E-state index in [0.717, 1.165) is 0 Å². The summed E-state index contributed by atoms with van der Waals surface area (Å²) in [6.45, 7) is 1.71. The van der Waals surface area contributed by atoms with Gasteiger partial charge in [0.2, 0.25) is 5.56 Å². The van der Waals surface area contributed by atoms with Crippen LogP contribution in [0.1, 0.15) is 21.5 Å². The number of hydrogen-bond donors (Lipinski definition) is 1. The first-order chi connectivity index (χ1) is 9.61. The molecule has 0 saturated carbocycles. The Morgan fingerprint density at radius 2 is 2.05 bits per heavy atom. The fourth-order valence-electron chi connectivity index (χ4n) is 1.75. The van der Waals surface area contributed by atoms with Crippen LogP contribution < -0.4 is 5.56 Å². The van der Waals surface area contributed by atoms with Crippen LogP contribution >= 0.6 is 11.8 Å². The van der Waals surface area contributed by atoms with E-state index in [1.165, 1.54) is 17.8 Å². The Balaban J connectivity index is 2.18. The summed E-state index contributed by atoms with van der Waals surface area (Å²) in [5, 5.41) is 9.55. The molecule has 1 heterocycles. The van der Waals surface area contributed by atoms with Crippen LogP contribution in [-0.4, -0.2) is 16.5 Å². The first-order valence-corrected chi connectivity index (χ1v) is 6.95. The molecule has 0 spiro atoms. The Bertz CT molecular complexity index is 730. The number of nitrogens with zero attached hydrogens (tertiary/aromatic N) is 1. The molecule has 100 valence electrons. The average molecular weight is 284 g/mol. The number of hydrogen-bond acceptors (Lipinski definition) is 4. The SMILES string of the molecule is Cc1cc(=O)[nH]c(SCC(=O)c2ccccc2)c1C#N. The number of H-pyrrole nitrogens is 1. The molecule has 2 aromatic rings. The van der Waals surface area contributed by atoms with Crippen molar-refractivity contribution in [3.63, 3.8) is 0 Å². The second kappa shape index (κ2) is 6.22. The number of aromatic nitrogens is 1. The Kier molecular flexibility index (Phi) is 4.38. The Labute approximate surface area is 120 Å². The summed E-state index contributed by atoms with van der Waals surface area (Å²) in [4.78, 5) is 26.0. The van der Waals surface area contributed by atoms with Crippen LogP contribution in [0.2, 0.25) is 0 Å². The molecule has 4 nitrogen and oxygen atoms in total. The number of Topliss-reactive ketones (excluding diaryl/α,β-unsaturated/α-hetero) is 1. The first kappa shape index (κ1) is 14.1. The van der Waals surface area contributed by atoms with Gasteiger partial charge in [-0.1, -0.05) is 42.1 Å². The molecule has 0 aliphatic rings. The fraction of sp³-hybridized carbons (Fsp3) is 0.133. The Hall–Kier alpha value is -2.32. The maximum absolute atomic E-state index is 12.0. The highest BCUT2D eigenvalue weighted by atomic mass is 32.2. The Morgan fingerprint density at radius 1 is 1.35 bits per heavy atom. The lowest BCUT2D eigenvalue weighted by atomic mass is 10.2. The van der Waals surface area contributed by atoms with E-state index in [1.54, 1.807) is 31.2 Å². The molecule has 0 amide bonds. The normalized spacial score (nSPS) is 10.0. The third-order valence-corrected chi connectivity index (χ3v) is 3.76. The van der Waals surface area contributed by atoms with Crippen LogP contribution in [-0.2, 0) is 0 Å². The zero-order chi connectivity index (χ0) is 14.5. The lowest BCUT2D eigenvalue weighted by Gasteiger charge is -2.05. The monoisotopic (exact) mass is 284 g/mol. The number of nitrogens with one attached hydrogen (secondary N) is 1. The van der Waals surface area contributed by atoms with Gasteiger partial charge in [-0.25, -0.2) is 0 Å². The van der Waals surface area contributed by atoms with Gasteiger partial charge in [0.1, 0.15) is 6.07 Å². The molecule has 0 aliphatic heterocycles. The molecule has 1 aromatic carbocycles. The highest BCUT2D eigenvalue weighted by Gasteiger charge is 2.11. The summed E-state index contributed by atoms with van der Waals surface area (Å²) in [6, 6.07) is 12.4. The third-order valence-electron chi connectivity index (χ3n) is 2.76. The molecule has 0 atom stereocenters. The second-order valence-electron chi connectivity index (χ2n) is 4.21. The predicted octanol–water partition coefficient (Wildman–Crippen LogP) is 2.53. The topological polar surface area (TPSA) is 73.7 Å². The van der Waals surface area contributed by atoms with Crippen LogP contribution in [0, 0.1) is 18.3 Å². The van der Waals surface area contributed by atoms with Crippen molar-refractivity contribution in [2.24, 2.45) is 0 Å². The number of aromatic amines is 1. The molecule has 5 heteroatoms. The van der Waals surface area contributed by atoms with Gasteiger partial charge in [0.25, 0.3) is 0 Å². The minimum Gasteiger partial charge on any atom is -0.316 e. The molecular formula is C15H12N2O2S. The van der Waals surface area contributed by atoms with E-state index in [4.69, 9.17) is 5.26 Å². The molecule has 1 aromatic heterocycles. The van der Waals surface area contributed by atoms with Crippen molar-refractivity contribution >= 4 is 17.5 Å². The zero-order valence-electron chi connectivity index (χ0n) is 10.8. The van der Waals surface area contributed by atoms with Gasteiger partial charge in [0.15, 0.2) is 5.78 Å². The van der Waals surface area contributed by atoms with Crippen molar-refractivity contribution in [3.05, 3.63) is 63.4 Å². The molecule has 0 saturated heterocycles. The Morgan fingerprint density at radius 3 is 2.70 bits per heavy atom. The maximum Gasteiger partial charge on any atom is 0.249 e. The average Bonchev–Trinajstić information content (AvgIpc) is 2.45. The van der Waals surface area contributed by atoms with Crippen LogP contribution in [0.4, 0.5) is 0 Å².